The second-order valence-electron chi connectivity index (χ2n) is 7.88. The normalized spacial score (nSPS) is 14.3. The minimum absolute atomic E-state index is 0.192. The quantitative estimate of drug-likeness (QED) is 0.461. The van der Waals surface area contributed by atoms with E-state index in [1.54, 1.807) is 13.3 Å². The van der Waals surface area contributed by atoms with Crippen LogP contribution in [0.4, 0.5) is 0 Å². The van der Waals surface area contributed by atoms with Crippen molar-refractivity contribution in [2.24, 2.45) is 0 Å². The fourth-order valence-electron chi connectivity index (χ4n) is 3.81. The number of aromatic nitrogens is 1. The molecule has 166 valence electrons. The van der Waals surface area contributed by atoms with Crippen LogP contribution in [-0.4, -0.2) is 37.9 Å². The fraction of sp³-hybridized carbons (Fsp3) is 0.308. The summed E-state index contributed by atoms with van der Waals surface area (Å²) in [5.74, 6) is 1.30. The summed E-state index contributed by atoms with van der Waals surface area (Å²) in [6.45, 7) is 3.70. The number of esters is 1. The maximum Gasteiger partial charge on any atom is 0.306 e. The highest BCUT2D eigenvalue weighted by Gasteiger charge is 2.42. The molecule has 0 radical (unpaired) electrons. The van der Waals surface area contributed by atoms with Crippen molar-refractivity contribution in [1.29, 1.82) is 0 Å². The summed E-state index contributed by atoms with van der Waals surface area (Å²) in [4.78, 5) is 16.2. The van der Waals surface area contributed by atoms with E-state index in [1.807, 2.05) is 61.7 Å². The maximum absolute atomic E-state index is 12.0. The van der Waals surface area contributed by atoms with Gasteiger partial charge in [0.25, 0.3) is 0 Å². The molecule has 0 spiro atoms. The van der Waals surface area contributed by atoms with Gasteiger partial charge < -0.3 is 18.9 Å². The standard InChI is InChI=1S/C26H27NO5/c1-3-31-25(28)13-26(17-30-18-26)22-7-9-23(10-8-22)32-16-19-5-4-6-20(11-19)21-12-24(29-2)15-27-14-21/h4-12,14-15H,3,13,16-18H2,1-2H3. The van der Waals surface area contributed by atoms with E-state index in [2.05, 4.69) is 11.1 Å². The topological polar surface area (TPSA) is 66.9 Å². The van der Waals surface area contributed by atoms with Crippen LogP contribution in [0.15, 0.2) is 67.0 Å². The second kappa shape index (κ2) is 9.83. The van der Waals surface area contributed by atoms with E-state index >= 15 is 0 Å². The van der Waals surface area contributed by atoms with Gasteiger partial charge in [-0.25, -0.2) is 0 Å². The molecule has 0 N–H and O–H groups in total. The Bertz CT molecular complexity index is 1060. The van der Waals surface area contributed by atoms with E-state index < -0.39 is 0 Å². The van der Waals surface area contributed by atoms with Crippen LogP contribution in [0.3, 0.4) is 0 Å². The van der Waals surface area contributed by atoms with Crippen LogP contribution in [0.1, 0.15) is 24.5 Å². The smallest absolute Gasteiger partial charge is 0.306 e. The molecule has 0 amide bonds. The highest BCUT2D eigenvalue weighted by atomic mass is 16.5. The Balaban J connectivity index is 1.41. The van der Waals surface area contributed by atoms with Gasteiger partial charge in [-0.15, -0.1) is 0 Å². The van der Waals surface area contributed by atoms with Crippen LogP contribution in [-0.2, 0) is 26.3 Å². The third kappa shape index (κ3) is 4.92. The lowest BCUT2D eigenvalue weighted by atomic mass is 9.76. The predicted octanol–water partition coefficient (Wildman–Crippen LogP) is 4.56. The molecule has 32 heavy (non-hydrogen) atoms. The molecule has 0 bridgehead atoms. The monoisotopic (exact) mass is 433 g/mol. The third-order valence-corrected chi connectivity index (χ3v) is 5.63. The van der Waals surface area contributed by atoms with Crippen molar-refractivity contribution >= 4 is 5.97 Å². The SMILES string of the molecule is CCOC(=O)CC1(c2ccc(OCc3cccc(-c4cncc(OC)c4)c3)cc2)COC1. The summed E-state index contributed by atoms with van der Waals surface area (Å²) < 4.78 is 21.8. The van der Waals surface area contributed by atoms with Crippen molar-refractivity contribution < 1.29 is 23.7 Å². The zero-order chi connectivity index (χ0) is 22.4. The predicted molar refractivity (Wildman–Crippen MR) is 121 cm³/mol. The molecule has 2 heterocycles. The van der Waals surface area contributed by atoms with Gasteiger partial charge in [0.1, 0.15) is 18.1 Å². The first-order valence-electron chi connectivity index (χ1n) is 10.7. The average molecular weight is 434 g/mol. The van der Waals surface area contributed by atoms with Crippen LogP contribution in [0.2, 0.25) is 0 Å². The lowest BCUT2D eigenvalue weighted by Gasteiger charge is -2.41. The van der Waals surface area contributed by atoms with Gasteiger partial charge in [0.15, 0.2) is 0 Å². The van der Waals surface area contributed by atoms with Crippen LogP contribution in [0, 0.1) is 0 Å². The van der Waals surface area contributed by atoms with Crippen molar-refractivity contribution in [3.63, 3.8) is 0 Å². The number of nitrogens with zero attached hydrogens (tertiary/aromatic N) is 1. The van der Waals surface area contributed by atoms with Gasteiger partial charge in [-0.2, -0.15) is 0 Å². The van der Waals surface area contributed by atoms with Gasteiger partial charge >= 0.3 is 5.97 Å². The number of pyridine rings is 1. The molecule has 1 aromatic heterocycles. The number of ether oxygens (including phenoxy) is 4. The summed E-state index contributed by atoms with van der Waals surface area (Å²) >= 11 is 0. The van der Waals surface area contributed by atoms with Crippen molar-refractivity contribution in [3.05, 3.63) is 78.1 Å². The molecule has 0 unspecified atom stereocenters. The molecular weight excluding hydrogens is 406 g/mol. The summed E-state index contributed by atoms with van der Waals surface area (Å²) in [6.07, 6.45) is 3.83. The van der Waals surface area contributed by atoms with Gasteiger partial charge in [0, 0.05) is 11.8 Å². The lowest BCUT2D eigenvalue weighted by Crippen LogP contribution is -2.48. The number of hydrogen-bond donors (Lipinski definition) is 0. The zero-order valence-electron chi connectivity index (χ0n) is 18.4. The van der Waals surface area contributed by atoms with E-state index in [9.17, 15) is 4.79 Å². The number of rotatable bonds is 9. The maximum atomic E-state index is 12.0. The van der Waals surface area contributed by atoms with Gasteiger partial charge in [0.2, 0.25) is 0 Å². The highest BCUT2D eigenvalue weighted by molar-refractivity contribution is 5.72. The lowest BCUT2D eigenvalue weighted by molar-refractivity contribution is -0.151. The number of carbonyl (C=O) groups excluding carboxylic acids is 1. The van der Waals surface area contributed by atoms with Crippen LogP contribution < -0.4 is 9.47 Å². The minimum Gasteiger partial charge on any atom is -0.495 e. The molecule has 0 atom stereocenters. The molecule has 1 aliphatic rings. The molecule has 4 rings (SSSR count). The molecular formula is C26H27NO5. The summed E-state index contributed by atoms with van der Waals surface area (Å²) in [6, 6.07) is 18.0. The van der Waals surface area contributed by atoms with Crippen molar-refractivity contribution in [2.75, 3.05) is 26.9 Å². The first-order valence-corrected chi connectivity index (χ1v) is 10.7. The Kier molecular flexibility index (Phi) is 6.71. The Morgan fingerprint density at radius 2 is 1.84 bits per heavy atom. The van der Waals surface area contributed by atoms with E-state index in [4.69, 9.17) is 18.9 Å². The van der Waals surface area contributed by atoms with E-state index in [0.29, 0.717) is 32.8 Å². The largest absolute Gasteiger partial charge is 0.495 e. The second-order valence-corrected chi connectivity index (χ2v) is 7.88. The Morgan fingerprint density at radius 1 is 1.03 bits per heavy atom. The Labute approximate surface area is 188 Å². The Morgan fingerprint density at radius 3 is 2.53 bits per heavy atom. The number of benzene rings is 2. The Hall–Kier alpha value is -3.38. The summed E-state index contributed by atoms with van der Waals surface area (Å²) in [5.41, 5.74) is 3.87. The van der Waals surface area contributed by atoms with Crippen LogP contribution in [0.25, 0.3) is 11.1 Å². The fourth-order valence-corrected chi connectivity index (χ4v) is 3.81. The molecule has 6 nitrogen and oxygen atoms in total. The van der Waals surface area contributed by atoms with E-state index in [-0.39, 0.29) is 11.4 Å². The molecule has 1 aliphatic heterocycles. The van der Waals surface area contributed by atoms with Gasteiger partial charge in [0.05, 0.1) is 45.0 Å². The van der Waals surface area contributed by atoms with Crippen LogP contribution >= 0.6 is 0 Å². The third-order valence-electron chi connectivity index (χ3n) is 5.63. The zero-order valence-corrected chi connectivity index (χ0v) is 18.4. The minimum atomic E-state index is -0.302. The molecule has 0 saturated carbocycles. The van der Waals surface area contributed by atoms with Gasteiger partial charge in [-0.1, -0.05) is 30.3 Å². The summed E-state index contributed by atoms with van der Waals surface area (Å²) in [5, 5.41) is 0. The van der Waals surface area contributed by atoms with Gasteiger partial charge in [-0.05, 0) is 47.9 Å². The van der Waals surface area contributed by atoms with Crippen molar-refractivity contribution in [1.82, 2.24) is 4.98 Å². The number of hydrogen-bond acceptors (Lipinski definition) is 6. The summed E-state index contributed by atoms with van der Waals surface area (Å²) in [7, 11) is 1.63. The van der Waals surface area contributed by atoms with Gasteiger partial charge in [-0.3, -0.25) is 9.78 Å². The van der Waals surface area contributed by atoms with Crippen LogP contribution in [0.5, 0.6) is 11.5 Å². The van der Waals surface area contributed by atoms with Crippen molar-refractivity contribution in [2.45, 2.75) is 25.4 Å². The number of methoxy groups -OCH3 is 1. The molecule has 2 aromatic carbocycles. The molecule has 3 aromatic rings. The highest BCUT2D eigenvalue weighted by Crippen LogP contribution is 2.37. The molecule has 1 fully saturated rings. The first kappa shape index (κ1) is 21.8. The first-order chi connectivity index (χ1) is 15.6. The van der Waals surface area contributed by atoms with Crippen molar-refractivity contribution in [3.8, 4) is 22.6 Å². The van der Waals surface area contributed by atoms with E-state index in [1.165, 1.54) is 0 Å². The molecule has 6 heteroatoms. The number of carbonyl (C=O) groups is 1. The average Bonchev–Trinajstić information content (AvgIpc) is 2.81. The molecule has 0 aliphatic carbocycles. The van der Waals surface area contributed by atoms with E-state index in [0.717, 1.165) is 33.8 Å². The molecule has 1 saturated heterocycles.